The quantitative estimate of drug-likeness (QED) is 0.404. The van der Waals surface area contributed by atoms with Crippen LogP contribution in [0.5, 0.6) is 5.75 Å². The van der Waals surface area contributed by atoms with Gasteiger partial charge in [0, 0.05) is 43.0 Å². The number of hydrogen-bond donors (Lipinski definition) is 2. The zero-order valence-electron chi connectivity index (χ0n) is 21.7. The molecular formula is C29H33N3O5S. The SMILES string of the molecule is CCCC[C@H](NS(=O)(=O)N1CCN(c2ccc(C#Cc3ccc4cc(OC)ccc4c3)cc2)CC1)C(=O)O. The first kappa shape index (κ1) is 27.5. The van der Waals surface area contributed by atoms with Gasteiger partial charge in [-0.15, -0.1) is 0 Å². The summed E-state index contributed by atoms with van der Waals surface area (Å²) in [6, 6.07) is 18.8. The molecule has 0 bridgehead atoms. The van der Waals surface area contributed by atoms with Crippen LogP contribution in [0.4, 0.5) is 5.69 Å². The van der Waals surface area contributed by atoms with Crippen LogP contribution < -0.4 is 14.4 Å². The van der Waals surface area contributed by atoms with Gasteiger partial charge >= 0.3 is 5.97 Å². The van der Waals surface area contributed by atoms with Crippen LogP contribution in [-0.2, 0) is 15.0 Å². The summed E-state index contributed by atoms with van der Waals surface area (Å²) < 4.78 is 34.5. The number of fused-ring (bicyclic) bond motifs is 1. The largest absolute Gasteiger partial charge is 0.497 e. The standard InChI is InChI=1S/C29H33N3O5S/c1-3-4-5-28(29(33)34)30-38(35,36)32-18-16-31(17-19-32)26-13-9-22(10-14-26)6-7-23-8-11-25-21-27(37-2)15-12-24(25)20-23/h8-15,20-21,28,30H,3-5,16-19H2,1-2H3,(H,33,34)/t28-/m0/s1. The number of nitrogens with zero attached hydrogens (tertiary/aromatic N) is 2. The Morgan fingerprint density at radius 3 is 2.26 bits per heavy atom. The highest BCUT2D eigenvalue weighted by Gasteiger charge is 2.31. The van der Waals surface area contributed by atoms with E-state index in [0.717, 1.165) is 39.8 Å². The highest BCUT2D eigenvalue weighted by atomic mass is 32.2. The van der Waals surface area contributed by atoms with E-state index in [4.69, 9.17) is 4.74 Å². The Kier molecular flexibility index (Phi) is 8.89. The lowest BCUT2D eigenvalue weighted by Gasteiger charge is -2.35. The normalized spacial score (nSPS) is 15.1. The monoisotopic (exact) mass is 535 g/mol. The van der Waals surface area contributed by atoms with Crippen LogP contribution in [0.3, 0.4) is 0 Å². The van der Waals surface area contributed by atoms with E-state index in [1.807, 2.05) is 61.5 Å². The van der Waals surface area contributed by atoms with Crippen molar-refractivity contribution < 1.29 is 23.1 Å². The van der Waals surface area contributed by atoms with Gasteiger partial charge in [-0.1, -0.05) is 43.7 Å². The Morgan fingerprint density at radius 1 is 0.974 bits per heavy atom. The van der Waals surface area contributed by atoms with Gasteiger partial charge in [0.15, 0.2) is 0 Å². The highest BCUT2D eigenvalue weighted by Crippen LogP contribution is 2.22. The number of anilines is 1. The topological polar surface area (TPSA) is 99.2 Å². The number of carbonyl (C=O) groups is 1. The molecule has 0 aliphatic carbocycles. The maximum atomic E-state index is 12.8. The van der Waals surface area contributed by atoms with E-state index in [-0.39, 0.29) is 19.5 Å². The summed E-state index contributed by atoms with van der Waals surface area (Å²) in [5.41, 5.74) is 2.81. The molecule has 0 saturated carbocycles. The number of benzene rings is 3. The van der Waals surface area contributed by atoms with Gasteiger partial charge in [-0.25, -0.2) is 0 Å². The first-order valence-electron chi connectivity index (χ1n) is 12.7. The molecule has 1 heterocycles. The zero-order chi connectivity index (χ0) is 27.1. The zero-order valence-corrected chi connectivity index (χ0v) is 22.5. The molecule has 3 aromatic carbocycles. The number of methoxy groups -OCH3 is 1. The number of unbranched alkanes of at least 4 members (excludes halogenated alkanes) is 1. The molecule has 1 aliphatic heterocycles. The van der Waals surface area contributed by atoms with Gasteiger partial charge in [-0.05, 0) is 65.7 Å². The average molecular weight is 536 g/mol. The maximum absolute atomic E-state index is 12.8. The van der Waals surface area contributed by atoms with Gasteiger partial charge in [-0.3, -0.25) is 4.79 Å². The molecule has 9 heteroatoms. The fourth-order valence-electron chi connectivity index (χ4n) is 4.41. The third-order valence-corrected chi connectivity index (χ3v) is 8.27. The van der Waals surface area contributed by atoms with Gasteiger partial charge < -0.3 is 14.7 Å². The molecule has 1 atom stereocenters. The smallest absolute Gasteiger partial charge is 0.321 e. The molecule has 0 aromatic heterocycles. The van der Waals surface area contributed by atoms with Crippen molar-refractivity contribution in [1.82, 2.24) is 9.03 Å². The van der Waals surface area contributed by atoms with Crippen LogP contribution in [0.15, 0.2) is 60.7 Å². The number of piperazine rings is 1. The number of hydrogen-bond acceptors (Lipinski definition) is 5. The van der Waals surface area contributed by atoms with Crippen LogP contribution in [0.1, 0.15) is 37.3 Å². The van der Waals surface area contributed by atoms with Crippen molar-refractivity contribution in [3.05, 3.63) is 71.8 Å². The molecule has 1 saturated heterocycles. The molecule has 0 unspecified atom stereocenters. The molecule has 3 aromatic rings. The Morgan fingerprint density at radius 2 is 1.61 bits per heavy atom. The third kappa shape index (κ3) is 6.84. The second-order valence-electron chi connectivity index (χ2n) is 9.27. The lowest BCUT2D eigenvalue weighted by Crippen LogP contribution is -2.54. The minimum atomic E-state index is -3.87. The molecule has 38 heavy (non-hydrogen) atoms. The van der Waals surface area contributed by atoms with E-state index in [0.29, 0.717) is 19.5 Å². The second kappa shape index (κ2) is 12.3. The number of aliphatic carboxylic acids is 1. The van der Waals surface area contributed by atoms with Crippen molar-refractivity contribution in [2.45, 2.75) is 32.2 Å². The van der Waals surface area contributed by atoms with Crippen molar-refractivity contribution in [3.8, 4) is 17.6 Å². The summed E-state index contributed by atoms with van der Waals surface area (Å²) in [6.45, 7) is 3.53. The van der Waals surface area contributed by atoms with Crippen molar-refractivity contribution in [1.29, 1.82) is 0 Å². The van der Waals surface area contributed by atoms with E-state index in [9.17, 15) is 18.3 Å². The van der Waals surface area contributed by atoms with E-state index < -0.39 is 22.2 Å². The van der Waals surface area contributed by atoms with Crippen molar-refractivity contribution >= 4 is 32.6 Å². The van der Waals surface area contributed by atoms with Crippen LogP contribution in [0.25, 0.3) is 10.8 Å². The molecule has 200 valence electrons. The van der Waals surface area contributed by atoms with Gasteiger partial charge in [0.1, 0.15) is 11.8 Å². The minimum Gasteiger partial charge on any atom is -0.497 e. The Labute approximate surface area is 224 Å². The molecule has 2 N–H and O–H groups in total. The summed E-state index contributed by atoms with van der Waals surface area (Å²) in [7, 11) is -2.21. The van der Waals surface area contributed by atoms with Gasteiger partial charge in [0.2, 0.25) is 0 Å². The van der Waals surface area contributed by atoms with E-state index in [1.54, 1.807) is 7.11 Å². The summed E-state index contributed by atoms with van der Waals surface area (Å²) in [5, 5.41) is 11.6. The van der Waals surface area contributed by atoms with Crippen molar-refractivity contribution in [2.24, 2.45) is 0 Å². The summed E-state index contributed by atoms with van der Waals surface area (Å²) in [4.78, 5) is 13.6. The van der Waals surface area contributed by atoms with Gasteiger partial charge in [0.25, 0.3) is 10.2 Å². The first-order chi connectivity index (χ1) is 18.3. The molecule has 4 rings (SSSR count). The van der Waals surface area contributed by atoms with E-state index in [2.05, 4.69) is 27.5 Å². The highest BCUT2D eigenvalue weighted by molar-refractivity contribution is 7.87. The van der Waals surface area contributed by atoms with Crippen molar-refractivity contribution in [2.75, 3.05) is 38.2 Å². The van der Waals surface area contributed by atoms with E-state index in [1.165, 1.54) is 4.31 Å². The summed E-state index contributed by atoms with van der Waals surface area (Å²) in [6.07, 6.45) is 1.72. The molecule has 0 spiro atoms. The molecule has 1 fully saturated rings. The molecule has 1 aliphatic rings. The minimum absolute atomic E-state index is 0.274. The van der Waals surface area contributed by atoms with Crippen LogP contribution >= 0.6 is 0 Å². The van der Waals surface area contributed by atoms with Crippen LogP contribution in [0.2, 0.25) is 0 Å². The third-order valence-electron chi connectivity index (χ3n) is 6.65. The summed E-state index contributed by atoms with van der Waals surface area (Å²) in [5.74, 6) is 6.11. The van der Waals surface area contributed by atoms with Gasteiger partial charge in [0.05, 0.1) is 7.11 Å². The Balaban J connectivity index is 1.35. The molecule has 0 amide bonds. The number of nitrogens with one attached hydrogen (secondary N) is 1. The maximum Gasteiger partial charge on any atom is 0.321 e. The first-order valence-corrected chi connectivity index (χ1v) is 14.2. The second-order valence-corrected chi connectivity index (χ2v) is 11.0. The number of carboxylic acids is 1. The predicted octanol–water partition coefficient (Wildman–Crippen LogP) is 3.85. The lowest BCUT2D eigenvalue weighted by atomic mass is 10.1. The Hall–Kier alpha value is -3.58. The van der Waals surface area contributed by atoms with Crippen molar-refractivity contribution in [3.63, 3.8) is 0 Å². The summed E-state index contributed by atoms with van der Waals surface area (Å²) >= 11 is 0. The van der Waals surface area contributed by atoms with E-state index >= 15 is 0 Å². The van der Waals surface area contributed by atoms with Crippen LogP contribution in [-0.4, -0.2) is 63.1 Å². The van der Waals surface area contributed by atoms with Gasteiger partial charge in [-0.2, -0.15) is 17.4 Å². The predicted molar refractivity (Wildman–Crippen MR) is 150 cm³/mol. The number of rotatable bonds is 9. The molecule has 0 radical (unpaired) electrons. The fourth-order valence-corrected chi connectivity index (χ4v) is 5.78. The fraction of sp³-hybridized carbons (Fsp3) is 0.345. The molecule has 8 nitrogen and oxygen atoms in total. The molecular weight excluding hydrogens is 502 g/mol. The Bertz CT molecular complexity index is 1440. The average Bonchev–Trinajstić information content (AvgIpc) is 2.94. The number of carboxylic acid groups (broad SMARTS) is 1. The number of ether oxygens (including phenoxy) is 1. The van der Waals surface area contributed by atoms with Crippen LogP contribution in [0, 0.1) is 11.8 Å². The lowest BCUT2D eigenvalue weighted by molar-refractivity contribution is -0.139.